The molecule has 0 spiro atoms. The number of rotatable bonds is 8. The molecule has 2 aromatic carbocycles. The molecule has 0 saturated carbocycles. The number of carbonyl (C=O) groups is 1. The van der Waals surface area contributed by atoms with Crippen LogP contribution in [0.5, 0.6) is 0 Å². The number of nitrogens with zero attached hydrogens (tertiary/aromatic N) is 3. The van der Waals surface area contributed by atoms with Crippen LogP contribution in [0.25, 0.3) is 10.9 Å². The van der Waals surface area contributed by atoms with Gasteiger partial charge in [0.15, 0.2) is 4.77 Å². The Hall–Kier alpha value is -3.03. The van der Waals surface area contributed by atoms with E-state index in [1.165, 1.54) is 4.57 Å². The highest BCUT2D eigenvalue weighted by Crippen LogP contribution is 2.15. The molecule has 30 heavy (non-hydrogen) atoms. The predicted molar refractivity (Wildman–Crippen MR) is 123 cm³/mol. The molecule has 1 N–H and O–H groups in total. The summed E-state index contributed by atoms with van der Waals surface area (Å²) in [6.07, 6.45) is 1.63. The SMILES string of the molecule is C=CCn1c(=S)[nH]c2cc(C(=O)N(CCN(C)C)Cc3ccccc3)ccc2c1=O. The molecule has 1 aromatic heterocycles. The van der Waals surface area contributed by atoms with E-state index in [4.69, 9.17) is 12.2 Å². The fourth-order valence-electron chi connectivity index (χ4n) is 3.24. The van der Waals surface area contributed by atoms with E-state index in [1.807, 2.05) is 54.2 Å². The molecule has 6 nitrogen and oxygen atoms in total. The van der Waals surface area contributed by atoms with Crippen LogP contribution in [0.3, 0.4) is 0 Å². The maximum absolute atomic E-state index is 13.3. The van der Waals surface area contributed by atoms with Gasteiger partial charge in [0.2, 0.25) is 0 Å². The van der Waals surface area contributed by atoms with Gasteiger partial charge in [-0.05, 0) is 50.1 Å². The lowest BCUT2D eigenvalue weighted by Crippen LogP contribution is -2.36. The van der Waals surface area contributed by atoms with Crippen LogP contribution in [0.2, 0.25) is 0 Å². The first-order chi connectivity index (χ1) is 14.4. The lowest BCUT2D eigenvalue weighted by Gasteiger charge is -2.25. The normalized spacial score (nSPS) is 11.0. The van der Waals surface area contributed by atoms with Crippen LogP contribution in [0, 0.1) is 4.77 Å². The van der Waals surface area contributed by atoms with Crippen molar-refractivity contribution in [2.24, 2.45) is 0 Å². The standard InChI is InChI=1S/C23H26N4O2S/c1-4-12-27-22(29)19-11-10-18(15-20(19)24-23(27)30)21(28)26(14-13-25(2)3)16-17-8-6-5-7-9-17/h4-11,15H,1,12-14,16H2,2-3H3,(H,24,30). The van der Waals surface area contributed by atoms with Crippen molar-refractivity contribution in [3.8, 4) is 0 Å². The van der Waals surface area contributed by atoms with Crippen LogP contribution in [0.15, 0.2) is 66.0 Å². The monoisotopic (exact) mass is 422 g/mol. The predicted octanol–water partition coefficient (Wildman–Crippen LogP) is 3.45. The summed E-state index contributed by atoms with van der Waals surface area (Å²) in [7, 11) is 3.96. The van der Waals surface area contributed by atoms with Gasteiger partial charge in [-0.25, -0.2) is 0 Å². The van der Waals surface area contributed by atoms with Crippen molar-refractivity contribution in [3.63, 3.8) is 0 Å². The van der Waals surface area contributed by atoms with Gasteiger partial charge in [0.1, 0.15) is 0 Å². The Balaban J connectivity index is 1.96. The number of hydrogen-bond acceptors (Lipinski definition) is 4. The molecule has 0 aliphatic carbocycles. The minimum absolute atomic E-state index is 0.0859. The van der Waals surface area contributed by atoms with E-state index in [9.17, 15) is 9.59 Å². The maximum atomic E-state index is 13.3. The van der Waals surface area contributed by atoms with Gasteiger partial charge >= 0.3 is 0 Å². The van der Waals surface area contributed by atoms with Crippen LogP contribution >= 0.6 is 12.2 Å². The maximum Gasteiger partial charge on any atom is 0.262 e. The van der Waals surface area contributed by atoms with Crippen LogP contribution in [0.1, 0.15) is 15.9 Å². The first-order valence-corrected chi connectivity index (χ1v) is 10.2. The van der Waals surface area contributed by atoms with E-state index in [1.54, 1.807) is 24.3 Å². The molecule has 1 amide bonds. The molecule has 0 bridgehead atoms. The number of H-pyrrole nitrogens is 1. The van der Waals surface area contributed by atoms with Gasteiger partial charge in [-0.15, -0.1) is 6.58 Å². The molecule has 0 fully saturated rings. The fraction of sp³-hybridized carbons (Fsp3) is 0.261. The average molecular weight is 423 g/mol. The second-order valence-electron chi connectivity index (χ2n) is 7.41. The summed E-state index contributed by atoms with van der Waals surface area (Å²) in [6, 6.07) is 15.0. The molecule has 0 aliphatic heterocycles. The molecule has 156 valence electrons. The number of allylic oxidation sites excluding steroid dienone is 1. The first kappa shape index (κ1) is 21.7. The highest BCUT2D eigenvalue weighted by Gasteiger charge is 2.18. The summed E-state index contributed by atoms with van der Waals surface area (Å²) in [5.41, 5.74) is 1.95. The minimum atomic E-state index is -0.193. The highest BCUT2D eigenvalue weighted by molar-refractivity contribution is 7.71. The topological polar surface area (TPSA) is 61.3 Å². The zero-order valence-electron chi connectivity index (χ0n) is 17.3. The van der Waals surface area contributed by atoms with Crippen molar-refractivity contribution < 1.29 is 4.79 Å². The van der Waals surface area contributed by atoms with Crippen molar-refractivity contribution in [2.45, 2.75) is 13.1 Å². The van der Waals surface area contributed by atoms with Crippen molar-refractivity contribution in [1.29, 1.82) is 0 Å². The second-order valence-corrected chi connectivity index (χ2v) is 7.80. The van der Waals surface area contributed by atoms with Crippen LogP contribution < -0.4 is 5.56 Å². The Morgan fingerprint density at radius 3 is 2.57 bits per heavy atom. The summed E-state index contributed by atoms with van der Waals surface area (Å²) < 4.78 is 1.76. The number of nitrogens with one attached hydrogen (secondary N) is 1. The fourth-order valence-corrected chi connectivity index (χ4v) is 3.51. The Labute approximate surface area is 181 Å². The highest BCUT2D eigenvalue weighted by atomic mass is 32.1. The van der Waals surface area contributed by atoms with Gasteiger partial charge in [0, 0.05) is 31.7 Å². The van der Waals surface area contributed by atoms with Crippen LogP contribution in [-0.2, 0) is 13.1 Å². The van der Waals surface area contributed by atoms with Crippen molar-refractivity contribution in [2.75, 3.05) is 27.2 Å². The zero-order valence-corrected chi connectivity index (χ0v) is 18.1. The summed E-state index contributed by atoms with van der Waals surface area (Å²) in [6.45, 7) is 5.86. The molecule has 0 saturated heterocycles. The molecule has 3 rings (SSSR count). The lowest BCUT2D eigenvalue weighted by molar-refractivity contribution is 0.0732. The van der Waals surface area contributed by atoms with Crippen LogP contribution in [-0.4, -0.2) is 52.4 Å². The van der Waals surface area contributed by atoms with E-state index < -0.39 is 0 Å². The number of hydrogen-bond donors (Lipinski definition) is 1. The van der Waals surface area contributed by atoms with Crippen molar-refractivity contribution in [3.05, 3.63) is 87.4 Å². The number of aromatic amines is 1. The number of benzene rings is 2. The van der Waals surface area contributed by atoms with E-state index in [0.29, 0.717) is 40.9 Å². The number of fused-ring (bicyclic) bond motifs is 1. The average Bonchev–Trinajstić information content (AvgIpc) is 2.73. The van der Waals surface area contributed by atoms with Crippen molar-refractivity contribution in [1.82, 2.24) is 19.4 Å². The Morgan fingerprint density at radius 1 is 1.17 bits per heavy atom. The second kappa shape index (κ2) is 9.65. The van der Waals surface area contributed by atoms with Gasteiger partial charge < -0.3 is 14.8 Å². The van der Waals surface area contributed by atoms with E-state index >= 15 is 0 Å². The molecule has 0 atom stereocenters. The third-order valence-corrected chi connectivity index (χ3v) is 5.18. The molecule has 3 aromatic rings. The third-order valence-electron chi connectivity index (χ3n) is 4.86. The Kier molecular flexibility index (Phi) is 6.97. The number of likely N-dealkylation sites (N-methyl/N-ethyl adjacent to an activating group) is 1. The van der Waals surface area contributed by atoms with Crippen LogP contribution in [0.4, 0.5) is 0 Å². The molecule has 0 radical (unpaired) electrons. The van der Waals surface area contributed by atoms with Gasteiger partial charge in [-0.2, -0.15) is 0 Å². The zero-order chi connectivity index (χ0) is 21.7. The lowest BCUT2D eigenvalue weighted by atomic mass is 10.1. The Morgan fingerprint density at radius 2 is 1.90 bits per heavy atom. The smallest absolute Gasteiger partial charge is 0.262 e. The summed E-state index contributed by atoms with van der Waals surface area (Å²) in [4.78, 5) is 33.0. The molecule has 1 heterocycles. The summed E-state index contributed by atoms with van der Waals surface area (Å²) >= 11 is 5.31. The number of carbonyl (C=O) groups excluding carboxylic acids is 1. The van der Waals surface area contributed by atoms with Gasteiger partial charge in [0.25, 0.3) is 11.5 Å². The van der Waals surface area contributed by atoms with Gasteiger partial charge in [-0.3, -0.25) is 14.2 Å². The number of aromatic nitrogens is 2. The minimum Gasteiger partial charge on any atom is -0.333 e. The third kappa shape index (κ3) is 4.93. The summed E-state index contributed by atoms with van der Waals surface area (Å²) in [5, 5.41) is 0.491. The summed E-state index contributed by atoms with van der Waals surface area (Å²) in [5.74, 6) is -0.0859. The largest absolute Gasteiger partial charge is 0.333 e. The Bertz CT molecular complexity index is 1170. The van der Waals surface area contributed by atoms with Gasteiger partial charge in [-0.1, -0.05) is 36.4 Å². The molecular formula is C23H26N4O2S. The van der Waals surface area contributed by atoms with E-state index in [-0.39, 0.29) is 11.5 Å². The molecule has 7 heteroatoms. The molecule has 0 unspecified atom stereocenters. The quantitative estimate of drug-likeness (QED) is 0.446. The van der Waals surface area contributed by atoms with E-state index in [2.05, 4.69) is 11.6 Å². The number of amides is 1. The van der Waals surface area contributed by atoms with E-state index in [0.717, 1.165) is 12.1 Å². The van der Waals surface area contributed by atoms with Crippen molar-refractivity contribution >= 4 is 29.0 Å². The van der Waals surface area contributed by atoms with Gasteiger partial charge in [0.05, 0.1) is 10.9 Å². The molecular weight excluding hydrogens is 396 g/mol. The molecule has 0 aliphatic rings. The first-order valence-electron chi connectivity index (χ1n) is 9.76.